The van der Waals surface area contributed by atoms with Gasteiger partial charge in [-0.2, -0.15) is 0 Å². The molecule has 2 rings (SSSR count). The van der Waals surface area contributed by atoms with Crippen molar-refractivity contribution in [3.05, 3.63) is 17.7 Å². The molecule has 0 saturated carbocycles. The van der Waals surface area contributed by atoms with Gasteiger partial charge in [-0.05, 0) is 6.42 Å². The number of ether oxygens (including phenoxy) is 3. The fourth-order valence-electron chi connectivity index (χ4n) is 2.50. The van der Waals surface area contributed by atoms with Gasteiger partial charge >= 0.3 is 5.97 Å². The van der Waals surface area contributed by atoms with Gasteiger partial charge in [0.15, 0.2) is 21.3 Å². The Hall–Kier alpha value is -2.29. The molecule has 1 unspecified atom stereocenters. The van der Waals surface area contributed by atoms with Gasteiger partial charge in [0.1, 0.15) is 0 Å². The highest BCUT2D eigenvalue weighted by Gasteiger charge is 2.33. The number of hydrogen-bond donors (Lipinski definition) is 1. The molecule has 1 aromatic rings. The Morgan fingerprint density at radius 3 is 2.25 bits per heavy atom. The lowest BCUT2D eigenvalue weighted by Gasteiger charge is -2.16. The molecule has 1 amide bonds. The summed E-state index contributed by atoms with van der Waals surface area (Å²) in [6, 6.07) is 2.83. The zero-order valence-corrected chi connectivity index (χ0v) is 14.4. The fraction of sp³-hybridized carbons (Fsp3) is 0.467. The minimum Gasteiger partial charge on any atom is -0.493 e. The molecular formula is C15H19NO7S. The number of methoxy groups -OCH3 is 3. The van der Waals surface area contributed by atoms with Crippen LogP contribution in [0.3, 0.4) is 0 Å². The average molecular weight is 357 g/mol. The number of hydrogen-bond acceptors (Lipinski definition) is 7. The minimum absolute atomic E-state index is 0.0130. The van der Waals surface area contributed by atoms with Crippen LogP contribution in [0.2, 0.25) is 0 Å². The summed E-state index contributed by atoms with van der Waals surface area (Å²) in [5, 5.41) is 2.59. The number of benzene rings is 1. The van der Waals surface area contributed by atoms with E-state index < -0.39 is 27.6 Å². The molecule has 0 aliphatic carbocycles. The first-order valence-electron chi connectivity index (χ1n) is 7.17. The van der Waals surface area contributed by atoms with Gasteiger partial charge in [-0.25, -0.2) is 13.2 Å². The van der Waals surface area contributed by atoms with Crippen molar-refractivity contribution in [3.63, 3.8) is 0 Å². The molecule has 132 valence electrons. The summed E-state index contributed by atoms with van der Waals surface area (Å²) in [7, 11) is 0.871. The molecule has 1 aliphatic heterocycles. The second kappa shape index (κ2) is 7.08. The number of carbonyl (C=O) groups is 2. The van der Waals surface area contributed by atoms with Crippen LogP contribution in [0.4, 0.5) is 5.69 Å². The molecule has 0 spiro atoms. The highest BCUT2D eigenvalue weighted by atomic mass is 32.2. The topological polar surface area (TPSA) is 108 Å². The lowest BCUT2D eigenvalue weighted by molar-refractivity contribution is -0.119. The molecular weight excluding hydrogens is 338 g/mol. The fourth-order valence-corrected chi connectivity index (χ4v) is 4.24. The first kappa shape index (κ1) is 18.1. The van der Waals surface area contributed by atoms with E-state index >= 15 is 0 Å². The van der Waals surface area contributed by atoms with Crippen LogP contribution in [-0.4, -0.2) is 53.1 Å². The van der Waals surface area contributed by atoms with Gasteiger partial charge in [0.2, 0.25) is 5.91 Å². The SMILES string of the molecule is COC(=O)c1cc(OC)c(OC)cc1NC(=O)C1CCS(=O)(=O)C1. The smallest absolute Gasteiger partial charge is 0.340 e. The van der Waals surface area contributed by atoms with Crippen LogP contribution in [0.25, 0.3) is 0 Å². The number of sulfone groups is 1. The van der Waals surface area contributed by atoms with Gasteiger partial charge in [-0.3, -0.25) is 4.79 Å². The highest BCUT2D eigenvalue weighted by Crippen LogP contribution is 2.34. The van der Waals surface area contributed by atoms with Crippen molar-refractivity contribution >= 4 is 27.4 Å². The standard InChI is InChI=1S/C15H19NO7S/c1-21-12-6-10(15(18)23-3)11(7-13(12)22-2)16-14(17)9-4-5-24(19,20)8-9/h6-7,9H,4-5,8H2,1-3H3,(H,16,17). The number of rotatable bonds is 5. The Bertz CT molecular complexity index is 757. The van der Waals surface area contributed by atoms with E-state index in [1.165, 1.54) is 33.5 Å². The largest absolute Gasteiger partial charge is 0.493 e. The summed E-state index contributed by atoms with van der Waals surface area (Å²) in [5.74, 6) is -1.35. The third kappa shape index (κ3) is 3.78. The van der Waals surface area contributed by atoms with E-state index in [2.05, 4.69) is 5.32 Å². The zero-order chi connectivity index (χ0) is 17.9. The van der Waals surface area contributed by atoms with E-state index in [9.17, 15) is 18.0 Å². The van der Waals surface area contributed by atoms with E-state index in [-0.39, 0.29) is 29.2 Å². The third-order valence-corrected chi connectivity index (χ3v) is 5.56. The van der Waals surface area contributed by atoms with Gasteiger partial charge in [0.25, 0.3) is 0 Å². The second-order valence-electron chi connectivity index (χ2n) is 5.33. The molecule has 24 heavy (non-hydrogen) atoms. The molecule has 1 fully saturated rings. The van der Waals surface area contributed by atoms with E-state index in [1.54, 1.807) is 0 Å². The minimum atomic E-state index is -3.18. The van der Waals surface area contributed by atoms with Crippen LogP contribution in [0.15, 0.2) is 12.1 Å². The predicted molar refractivity (Wildman–Crippen MR) is 86.3 cm³/mol. The number of nitrogens with one attached hydrogen (secondary N) is 1. The van der Waals surface area contributed by atoms with Crippen LogP contribution in [0, 0.1) is 5.92 Å². The van der Waals surface area contributed by atoms with E-state index in [0.717, 1.165) is 0 Å². The van der Waals surface area contributed by atoms with Crippen LogP contribution in [0.5, 0.6) is 11.5 Å². The summed E-state index contributed by atoms with van der Waals surface area (Å²) in [5.41, 5.74) is 0.262. The van der Waals surface area contributed by atoms with E-state index in [4.69, 9.17) is 14.2 Å². The first-order valence-corrected chi connectivity index (χ1v) is 8.99. The van der Waals surface area contributed by atoms with Gasteiger partial charge in [-0.1, -0.05) is 0 Å². The number of carbonyl (C=O) groups excluding carboxylic acids is 2. The highest BCUT2D eigenvalue weighted by molar-refractivity contribution is 7.91. The number of amides is 1. The first-order chi connectivity index (χ1) is 11.3. The van der Waals surface area contributed by atoms with Crippen molar-refractivity contribution in [2.24, 2.45) is 5.92 Å². The molecule has 0 radical (unpaired) electrons. The average Bonchev–Trinajstić information content (AvgIpc) is 2.93. The quantitative estimate of drug-likeness (QED) is 0.779. The van der Waals surface area contributed by atoms with Crippen molar-refractivity contribution in [1.82, 2.24) is 0 Å². The summed E-state index contributed by atoms with van der Waals surface area (Å²) >= 11 is 0. The van der Waals surface area contributed by atoms with Gasteiger partial charge < -0.3 is 19.5 Å². The molecule has 1 atom stereocenters. The van der Waals surface area contributed by atoms with Gasteiger partial charge in [0, 0.05) is 12.1 Å². The van der Waals surface area contributed by atoms with Crippen molar-refractivity contribution in [3.8, 4) is 11.5 Å². The maximum atomic E-state index is 12.3. The summed E-state index contributed by atoms with van der Waals surface area (Å²) < 4.78 is 38.0. The van der Waals surface area contributed by atoms with Crippen LogP contribution < -0.4 is 14.8 Å². The van der Waals surface area contributed by atoms with Gasteiger partial charge in [-0.15, -0.1) is 0 Å². The monoisotopic (exact) mass is 357 g/mol. The van der Waals surface area contributed by atoms with Crippen molar-refractivity contribution in [2.45, 2.75) is 6.42 Å². The molecule has 1 saturated heterocycles. The number of anilines is 1. The number of esters is 1. The molecule has 0 aromatic heterocycles. The Morgan fingerprint density at radius 1 is 1.12 bits per heavy atom. The maximum Gasteiger partial charge on any atom is 0.340 e. The summed E-state index contributed by atoms with van der Waals surface area (Å²) in [4.78, 5) is 24.3. The van der Waals surface area contributed by atoms with Gasteiger partial charge in [0.05, 0.1) is 50.0 Å². The molecule has 1 heterocycles. The van der Waals surface area contributed by atoms with Crippen LogP contribution in [-0.2, 0) is 19.4 Å². The Morgan fingerprint density at radius 2 is 1.75 bits per heavy atom. The molecule has 0 bridgehead atoms. The Labute approximate surface area is 140 Å². The Kier molecular flexibility index (Phi) is 5.33. The molecule has 9 heteroatoms. The molecule has 1 aliphatic rings. The zero-order valence-electron chi connectivity index (χ0n) is 13.6. The van der Waals surface area contributed by atoms with E-state index in [0.29, 0.717) is 11.5 Å². The second-order valence-corrected chi connectivity index (χ2v) is 7.56. The maximum absolute atomic E-state index is 12.3. The normalized spacial score (nSPS) is 18.7. The lowest BCUT2D eigenvalue weighted by Crippen LogP contribution is -2.25. The molecule has 1 N–H and O–H groups in total. The summed E-state index contributed by atoms with van der Waals surface area (Å²) in [6.07, 6.45) is 0.259. The predicted octanol–water partition coefficient (Wildman–Crippen LogP) is 0.864. The molecule has 1 aromatic carbocycles. The van der Waals surface area contributed by atoms with Crippen LogP contribution in [0.1, 0.15) is 16.8 Å². The summed E-state index contributed by atoms with van der Waals surface area (Å²) in [6.45, 7) is 0. The van der Waals surface area contributed by atoms with Crippen LogP contribution >= 0.6 is 0 Å². The van der Waals surface area contributed by atoms with E-state index in [1.807, 2.05) is 0 Å². The Balaban J connectivity index is 2.34. The van der Waals surface area contributed by atoms with Crippen molar-refractivity contribution in [2.75, 3.05) is 38.2 Å². The van der Waals surface area contributed by atoms with Crippen molar-refractivity contribution in [1.29, 1.82) is 0 Å². The third-order valence-electron chi connectivity index (χ3n) is 3.79. The molecule has 8 nitrogen and oxygen atoms in total. The van der Waals surface area contributed by atoms with Crippen molar-refractivity contribution < 1.29 is 32.2 Å². The lowest BCUT2D eigenvalue weighted by atomic mass is 10.1.